The molecule has 0 atom stereocenters. The molecule has 0 aliphatic rings. The van der Waals surface area contributed by atoms with Gasteiger partial charge in [0.05, 0.1) is 0 Å². The van der Waals surface area contributed by atoms with Crippen LogP contribution in [0, 0.1) is 6.92 Å². The van der Waals surface area contributed by atoms with Crippen molar-refractivity contribution >= 4 is 5.69 Å². The zero-order valence-corrected chi connectivity index (χ0v) is 14.3. The second-order valence-electron chi connectivity index (χ2n) is 6.65. The highest BCUT2D eigenvalue weighted by Gasteiger charge is 2.15. The minimum absolute atomic E-state index is 0.304. The van der Waals surface area contributed by atoms with E-state index in [1.807, 2.05) is 0 Å². The van der Waals surface area contributed by atoms with Crippen LogP contribution < -0.4 is 5.32 Å². The van der Waals surface area contributed by atoms with Crippen LogP contribution in [-0.2, 0) is 6.54 Å². The van der Waals surface area contributed by atoms with Crippen molar-refractivity contribution in [2.75, 3.05) is 5.32 Å². The van der Waals surface area contributed by atoms with E-state index in [0.29, 0.717) is 17.6 Å². The van der Waals surface area contributed by atoms with E-state index in [1.54, 1.807) is 0 Å². The molecule has 0 saturated heterocycles. The lowest BCUT2D eigenvalue weighted by Crippen LogP contribution is -2.03. The van der Waals surface area contributed by atoms with Gasteiger partial charge in [-0.2, -0.15) is 0 Å². The molecule has 0 spiro atoms. The summed E-state index contributed by atoms with van der Waals surface area (Å²) in [6, 6.07) is 12.7. The summed E-state index contributed by atoms with van der Waals surface area (Å²) >= 11 is 0. The summed E-state index contributed by atoms with van der Waals surface area (Å²) in [6.45, 7) is 11.3. The Labute approximate surface area is 134 Å². The molecule has 2 rings (SSSR count). The minimum Gasteiger partial charge on any atom is -0.507 e. The molecule has 2 N–H and O–H groups in total. The van der Waals surface area contributed by atoms with Crippen molar-refractivity contribution in [2.24, 2.45) is 0 Å². The zero-order chi connectivity index (χ0) is 16.3. The number of aryl methyl sites for hydroxylation is 1. The number of phenols is 1. The molecule has 0 bridgehead atoms. The quantitative estimate of drug-likeness (QED) is 0.708. The van der Waals surface area contributed by atoms with Crippen molar-refractivity contribution in [3.63, 3.8) is 0 Å². The van der Waals surface area contributed by atoms with E-state index >= 15 is 0 Å². The Kier molecular flexibility index (Phi) is 5.12. The molecule has 0 saturated carbocycles. The number of phenolic OH excluding ortho intramolecular Hbond substituents is 1. The number of nitrogens with one attached hydrogen (secondary N) is 1. The first-order valence-corrected chi connectivity index (χ1v) is 8.04. The first-order chi connectivity index (χ1) is 10.4. The fourth-order valence-electron chi connectivity index (χ4n) is 2.57. The van der Waals surface area contributed by atoms with Crippen molar-refractivity contribution < 1.29 is 5.11 Å². The summed E-state index contributed by atoms with van der Waals surface area (Å²) in [6.07, 6.45) is 0. The van der Waals surface area contributed by atoms with Gasteiger partial charge in [0.15, 0.2) is 0 Å². The smallest absolute Gasteiger partial charge is 0.122 e. The molecule has 0 aromatic heterocycles. The highest BCUT2D eigenvalue weighted by molar-refractivity contribution is 5.57. The predicted molar refractivity (Wildman–Crippen MR) is 94.8 cm³/mol. The zero-order valence-electron chi connectivity index (χ0n) is 14.3. The lowest BCUT2D eigenvalue weighted by Gasteiger charge is -2.18. The first kappa shape index (κ1) is 16.4. The van der Waals surface area contributed by atoms with Gasteiger partial charge in [-0.3, -0.25) is 0 Å². The Balaban J connectivity index is 2.24. The van der Waals surface area contributed by atoms with E-state index < -0.39 is 0 Å². The molecular formula is C20H27NO. The average molecular weight is 297 g/mol. The van der Waals surface area contributed by atoms with Crippen molar-refractivity contribution in [2.45, 2.75) is 53.0 Å². The second kappa shape index (κ2) is 6.87. The molecule has 0 aliphatic carbocycles. The topological polar surface area (TPSA) is 32.3 Å². The van der Waals surface area contributed by atoms with Crippen LogP contribution in [0.15, 0.2) is 36.4 Å². The number of rotatable bonds is 5. The maximum absolute atomic E-state index is 10.4. The van der Waals surface area contributed by atoms with Gasteiger partial charge in [-0.15, -0.1) is 0 Å². The van der Waals surface area contributed by atoms with E-state index in [-0.39, 0.29) is 0 Å². The van der Waals surface area contributed by atoms with Crippen LogP contribution in [0.3, 0.4) is 0 Å². The third kappa shape index (κ3) is 3.82. The first-order valence-electron chi connectivity index (χ1n) is 8.04. The van der Waals surface area contributed by atoms with E-state index in [1.165, 1.54) is 11.1 Å². The molecule has 2 heteroatoms. The molecule has 0 unspecified atom stereocenters. The molecule has 0 radical (unpaired) electrons. The molecule has 118 valence electrons. The molecule has 0 amide bonds. The highest BCUT2D eigenvalue weighted by Crippen LogP contribution is 2.36. The summed E-state index contributed by atoms with van der Waals surface area (Å²) < 4.78 is 0. The Morgan fingerprint density at radius 1 is 0.909 bits per heavy atom. The number of hydrogen-bond donors (Lipinski definition) is 2. The lowest BCUT2D eigenvalue weighted by atomic mass is 9.93. The maximum Gasteiger partial charge on any atom is 0.122 e. The lowest BCUT2D eigenvalue weighted by molar-refractivity contribution is 0.454. The predicted octanol–water partition coefficient (Wildman–Crippen LogP) is 5.56. The summed E-state index contributed by atoms with van der Waals surface area (Å²) in [5.41, 5.74) is 5.63. The van der Waals surface area contributed by atoms with Crippen LogP contribution in [0.4, 0.5) is 5.69 Å². The van der Waals surface area contributed by atoms with Crippen LogP contribution in [0.2, 0.25) is 0 Å². The molecular weight excluding hydrogens is 270 g/mol. The van der Waals surface area contributed by atoms with Gasteiger partial charge in [0.25, 0.3) is 0 Å². The van der Waals surface area contributed by atoms with Gasteiger partial charge in [-0.1, -0.05) is 57.5 Å². The summed E-state index contributed by atoms with van der Waals surface area (Å²) in [7, 11) is 0. The number of aromatic hydroxyl groups is 1. The van der Waals surface area contributed by atoms with Gasteiger partial charge in [0.2, 0.25) is 0 Å². The van der Waals surface area contributed by atoms with Crippen LogP contribution >= 0.6 is 0 Å². The molecule has 2 aromatic rings. The van der Waals surface area contributed by atoms with Crippen LogP contribution in [0.5, 0.6) is 5.75 Å². The van der Waals surface area contributed by atoms with E-state index in [2.05, 4.69) is 76.3 Å². The Morgan fingerprint density at radius 3 is 1.86 bits per heavy atom. The third-order valence-electron chi connectivity index (χ3n) is 4.03. The van der Waals surface area contributed by atoms with Gasteiger partial charge in [-0.25, -0.2) is 0 Å². The molecule has 22 heavy (non-hydrogen) atoms. The molecule has 0 heterocycles. The molecule has 0 aliphatic heterocycles. The second-order valence-corrected chi connectivity index (χ2v) is 6.65. The van der Waals surface area contributed by atoms with Crippen molar-refractivity contribution in [1.82, 2.24) is 0 Å². The van der Waals surface area contributed by atoms with Crippen molar-refractivity contribution in [3.8, 4) is 5.75 Å². The molecule has 2 aromatic carbocycles. The maximum atomic E-state index is 10.4. The average Bonchev–Trinajstić information content (AvgIpc) is 2.47. The number of anilines is 1. The van der Waals surface area contributed by atoms with Crippen LogP contribution in [-0.4, -0.2) is 5.11 Å². The van der Waals surface area contributed by atoms with Gasteiger partial charge < -0.3 is 10.4 Å². The van der Waals surface area contributed by atoms with Gasteiger partial charge in [-0.05, 0) is 47.6 Å². The Hall–Kier alpha value is -1.96. The summed E-state index contributed by atoms with van der Waals surface area (Å²) in [4.78, 5) is 0. The minimum atomic E-state index is 0.304. The summed E-state index contributed by atoms with van der Waals surface area (Å²) in [5, 5.41) is 13.9. The normalized spacial score (nSPS) is 11.2. The molecule has 0 fully saturated rings. The van der Waals surface area contributed by atoms with Crippen LogP contribution in [0.25, 0.3) is 0 Å². The third-order valence-corrected chi connectivity index (χ3v) is 4.03. The number of benzene rings is 2. The van der Waals surface area contributed by atoms with Crippen molar-refractivity contribution in [3.05, 3.63) is 58.7 Å². The fourth-order valence-corrected chi connectivity index (χ4v) is 2.57. The van der Waals surface area contributed by atoms with Gasteiger partial charge >= 0.3 is 0 Å². The SMILES string of the molecule is Cc1ccc(CNc2cc(C(C)C)c(O)c(C(C)C)c2)cc1. The number of hydrogen-bond acceptors (Lipinski definition) is 2. The Morgan fingerprint density at radius 2 is 1.41 bits per heavy atom. The fraction of sp³-hybridized carbons (Fsp3) is 0.400. The highest BCUT2D eigenvalue weighted by atomic mass is 16.3. The largest absolute Gasteiger partial charge is 0.507 e. The van der Waals surface area contributed by atoms with Gasteiger partial charge in [0, 0.05) is 12.2 Å². The molecule has 2 nitrogen and oxygen atoms in total. The monoisotopic (exact) mass is 297 g/mol. The van der Waals surface area contributed by atoms with E-state index in [0.717, 1.165) is 23.4 Å². The van der Waals surface area contributed by atoms with E-state index in [9.17, 15) is 5.11 Å². The van der Waals surface area contributed by atoms with Gasteiger partial charge in [0.1, 0.15) is 5.75 Å². The van der Waals surface area contributed by atoms with Crippen molar-refractivity contribution in [1.29, 1.82) is 0 Å². The summed E-state index contributed by atoms with van der Waals surface area (Å²) in [5.74, 6) is 1.06. The van der Waals surface area contributed by atoms with Crippen LogP contribution in [0.1, 0.15) is 61.8 Å². The standard InChI is InChI=1S/C20H27NO/c1-13(2)18-10-17(11-19(14(3)4)20(18)22)21-12-16-8-6-15(5)7-9-16/h6-11,13-14,21-22H,12H2,1-5H3. The Bertz CT molecular complexity index is 598. The van der Waals surface area contributed by atoms with E-state index in [4.69, 9.17) is 0 Å².